The van der Waals surface area contributed by atoms with Gasteiger partial charge < -0.3 is 10.7 Å². The molecule has 3 heteroatoms. The van der Waals surface area contributed by atoms with Crippen molar-refractivity contribution in [1.29, 1.82) is 0 Å². The van der Waals surface area contributed by atoms with Crippen LogP contribution in [0.25, 0.3) is 11.0 Å². The number of fused-ring (bicyclic) bond motifs is 1. The summed E-state index contributed by atoms with van der Waals surface area (Å²) in [5.74, 6) is 0.991. The van der Waals surface area contributed by atoms with Gasteiger partial charge >= 0.3 is 0 Å². The van der Waals surface area contributed by atoms with Gasteiger partial charge in [0.2, 0.25) is 0 Å². The summed E-state index contributed by atoms with van der Waals surface area (Å²) in [6, 6.07) is 12.2. The van der Waals surface area contributed by atoms with E-state index in [-0.39, 0.29) is 0 Å². The van der Waals surface area contributed by atoms with Gasteiger partial charge in [0.15, 0.2) is 0 Å². The van der Waals surface area contributed by atoms with Crippen LogP contribution in [0, 0.1) is 13.8 Å². The predicted molar refractivity (Wildman–Crippen MR) is 79.2 cm³/mol. The zero-order valence-electron chi connectivity index (χ0n) is 11.2. The normalized spacial score (nSPS) is 11.1. The van der Waals surface area contributed by atoms with Crippen LogP contribution < -0.4 is 5.73 Å². The lowest BCUT2D eigenvalue weighted by molar-refractivity contribution is 1.04. The number of nitrogens with one attached hydrogen (secondary N) is 1. The number of rotatable bonds is 2. The number of nitrogens with two attached hydrogens (primary N) is 1. The molecule has 2 aromatic carbocycles. The first-order chi connectivity index (χ1) is 9.11. The summed E-state index contributed by atoms with van der Waals surface area (Å²) in [7, 11) is 0. The third-order valence-corrected chi connectivity index (χ3v) is 3.50. The summed E-state index contributed by atoms with van der Waals surface area (Å²) < 4.78 is 0. The Balaban J connectivity index is 1.95. The van der Waals surface area contributed by atoms with Crippen LogP contribution in [0.4, 0.5) is 5.69 Å². The molecule has 0 saturated heterocycles. The molecule has 0 aliphatic heterocycles. The van der Waals surface area contributed by atoms with Crippen LogP contribution in [-0.2, 0) is 6.42 Å². The van der Waals surface area contributed by atoms with Crippen LogP contribution in [0.3, 0.4) is 0 Å². The molecule has 0 bridgehead atoms. The Kier molecular flexibility index (Phi) is 2.75. The number of anilines is 1. The van der Waals surface area contributed by atoms with Gasteiger partial charge in [-0.2, -0.15) is 0 Å². The molecular formula is C16H17N3. The molecule has 96 valence electrons. The van der Waals surface area contributed by atoms with E-state index in [9.17, 15) is 0 Å². The molecule has 0 spiro atoms. The molecule has 0 aliphatic rings. The maximum Gasteiger partial charge on any atom is 0.111 e. The number of hydrogen-bond acceptors (Lipinski definition) is 2. The third kappa shape index (κ3) is 2.32. The van der Waals surface area contributed by atoms with Crippen molar-refractivity contribution >= 4 is 16.7 Å². The first kappa shape index (κ1) is 11.8. The smallest absolute Gasteiger partial charge is 0.111 e. The monoisotopic (exact) mass is 251 g/mol. The number of H-pyrrole nitrogens is 1. The number of aromatic nitrogens is 2. The second-order valence-corrected chi connectivity index (χ2v) is 5.06. The molecule has 0 atom stereocenters. The molecule has 3 nitrogen and oxygen atoms in total. The van der Waals surface area contributed by atoms with Crippen molar-refractivity contribution in [3.63, 3.8) is 0 Å². The standard InChI is InChI=1S/C16H17N3/c1-10-7-14-15(8-11(10)2)19-16(18-14)9-12-3-5-13(17)6-4-12/h3-8H,9,17H2,1-2H3,(H,18,19). The lowest BCUT2D eigenvalue weighted by atomic mass is 10.1. The topological polar surface area (TPSA) is 54.7 Å². The van der Waals surface area contributed by atoms with E-state index in [0.717, 1.165) is 29.0 Å². The minimum absolute atomic E-state index is 0.791. The summed E-state index contributed by atoms with van der Waals surface area (Å²) >= 11 is 0. The van der Waals surface area contributed by atoms with Crippen LogP contribution in [0.2, 0.25) is 0 Å². The molecule has 0 aliphatic carbocycles. The van der Waals surface area contributed by atoms with Crippen molar-refractivity contribution in [1.82, 2.24) is 9.97 Å². The summed E-state index contributed by atoms with van der Waals surface area (Å²) in [5, 5.41) is 0. The largest absolute Gasteiger partial charge is 0.399 e. The van der Waals surface area contributed by atoms with Crippen molar-refractivity contribution in [2.24, 2.45) is 0 Å². The van der Waals surface area contributed by atoms with Gasteiger partial charge in [0, 0.05) is 12.1 Å². The molecular weight excluding hydrogens is 234 g/mol. The van der Waals surface area contributed by atoms with E-state index in [1.165, 1.54) is 16.7 Å². The number of nitrogens with zero attached hydrogens (tertiary/aromatic N) is 1. The van der Waals surface area contributed by atoms with Gasteiger partial charge in [-0.1, -0.05) is 12.1 Å². The Morgan fingerprint density at radius 2 is 1.74 bits per heavy atom. The highest BCUT2D eigenvalue weighted by Crippen LogP contribution is 2.18. The lowest BCUT2D eigenvalue weighted by Crippen LogP contribution is -1.91. The Hall–Kier alpha value is -2.29. The number of benzene rings is 2. The molecule has 1 aromatic heterocycles. The summed E-state index contributed by atoms with van der Waals surface area (Å²) in [5.41, 5.74) is 12.4. The van der Waals surface area contributed by atoms with Crippen molar-refractivity contribution in [2.45, 2.75) is 20.3 Å². The van der Waals surface area contributed by atoms with E-state index in [0.29, 0.717) is 0 Å². The Labute approximate surface area is 112 Å². The Morgan fingerprint density at radius 3 is 2.47 bits per heavy atom. The van der Waals surface area contributed by atoms with E-state index in [1.807, 2.05) is 24.3 Å². The first-order valence-corrected chi connectivity index (χ1v) is 6.42. The van der Waals surface area contributed by atoms with Crippen molar-refractivity contribution in [3.8, 4) is 0 Å². The quantitative estimate of drug-likeness (QED) is 0.686. The lowest BCUT2D eigenvalue weighted by Gasteiger charge is -1.98. The molecule has 19 heavy (non-hydrogen) atoms. The Morgan fingerprint density at radius 1 is 1.05 bits per heavy atom. The average molecular weight is 251 g/mol. The molecule has 0 radical (unpaired) electrons. The van der Waals surface area contributed by atoms with E-state index in [2.05, 4.69) is 35.9 Å². The zero-order chi connectivity index (χ0) is 13.4. The average Bonchev–Trinajstić information content (AvgIpc) is 2.74. The molecule has 0 fully saturated rings. The van der Waals surface area contributed by atoms with Crippen molar-refractivity contribution < 1.29 is 0 Å². The first-order valence-electron chi connectivity index (χ1n) is 6.42. The number of nitrogen functional groups attached to an aromatic ring is 1. The van der Waals surface area contributed by atoms with Crippen LogP contribution >= 0.6 is 0 Å². The van der Waals surface area contributed by atoms with Gasteiger partial charge in [-0.05, 0) is 54.8 Å². The van der Waals surface area contributed by atoms with Gasteiger partial charge in [-0.3, -0.25) is 0 Å². The molecule has 3 aromatic rings. The van der Waals surface area contributed by atoms with Gasteiger partial charge in [0.1, 0.15) is 5.82 Å². The minimum Gasteiger partial charge on any atom is -0.399 e. The van der Waals surface area contributed by atoms with Gasteiger partial charge in [-0.25, -0.2) is 4.98 Å². The molecule has 3 N–H and O–H groups in total. The third-order valence-electron chi connectivity index (χ3n) is 3.50. The fourth-order valence-electron chi connectivity index (χ4n) is 2.23. The van der Waals surface area contributed by atoms with Crippen LogP contribution in [-0.4, -0.2) is 9.97 Å². The summed E-state index contributed by atoms with van der Waals surface area (Å²) in [4.78, 5) is 8.03. The fourth-order valence-corrected chi connectivity index (χ4v) is 2.23. The van der Waals surface area contributed by atoms with Gasteiger partial charge in [0.05, 0.1) is 11.0 Å². The summed E-state index contributed by atoms with van der Waals surface area (Å²) in [6.45, 7) is 4.23. The van der Waals surface area contributed by atoms with Crippen LogP contribution in [0.5, 0.6) is 0 Å². The number of imidazole rings is 1. The molecule has 3 rings (SSSR count). The highest BCUT2D eigenvalue weighted by atomic mass is 14.9. The van der Waals surface area contributed by atoms with Crippen LogP contribution in [0.1, 0.15) is 22.5 Å². The van der Waals surface area contributed by atoms with E-state index >= 15 is 0 Å². The highest BCUT2D eigenvalue weighted by Gasteiger charge is 2.05. The maximum absolute atomic E-state index is 5.69. The molecule has 0 amide bonds. The second-order valence-electron chi connectivity index (χ2n) is 5.06. The number of aryl methyl sites for hydroxylation is 2. The minimum atomic E-state index is 0.791. The number of aromatic amines is 1. The SMILES string of the molecule is Cc1cc2nc(Cc3ccc(N)cc3)[nH]c2cc1C. The summed E-state index contributed by atoms with van der Waals surface area (Å²) in [6.07, 6.45) is 0.799. The predicted octanol–water partition coefficient (Wildman–Crippen LogP) is 3.35. The van der Waals surface area contributed by atoms with E-state index in [1.54, 1.807) is 0 Å². The molecule has 0 saturated carbocycles. The maximum atomic E-state index is 5.69. The number of hydrogen-bond donors (Lipinski definition) is 2. The molecule has 1 heterocycles. The van der Waals surface area contributed by atoms with E-state index < -0.39 is 0 Å². The molecule has 0 unspecified atom stereocenters. The zero-order valence-corrected chi connectivity index (χ0v) is 11.2. The highest BCUT2D eigenvalue weighted by molar-refractivity contribution is 5.77. The van der Waals surface area contributed by atoms with Crippen molar-refractivity contribution in [3.05, 3.63) is 58.9 Å². The van der Waals surface area contributed by atoms with E-state index in [4.69, 9.17) is 5.73 Å². The van der Waals surface area contributed by atoms with Crippen LogP contribution in [0.15, 0.2) is 36.4 Å². The van der Waals surface area contributed by atoms with Gasteiger partial charge in [-0.15, -0.1) is 0 Å². The van der Waals surface area contributed by atoms with Crippen molar-refractivity contribution in [2.75, 3.05) is 5.73 Å². The van der Waals surface area contributed by atoms with Gasteiger partial charge in [0.25, 0.3) is 0 Å². The second kappa shape index (κ2) is 4.43. The fraction of sp³-hybridized carbons (Fsp3) is 0.188. The Bertz CT molecular complexity index is 685.